The molecule has 0 radical (unpaired) electrons. The molecule has 1 aromatic heterocycles. The van der Waals surface area contributed by atoms with Gasteiger partial charge in [-0.2, -0.15) is 0 Å². The van der Waals surface area contributed by atoms with Crippen LogP contribution >= 0.6 is 0 Å². The van der Waals surface area contributed by atoms with Crippen LogP contribution in [0.25, 0.3) is 11.0 Å². The van der Waals surface area contributed by atoms with Gasteiger partial charge in [-0.25, -0.2) is 4.79 Å². The number of fused-ring (bicyclic) bond motifs is 1. The molecule has 3 rings (SSSR count). The monoisotopic (exact) mass is 368 g/mol. The Labute approximate surface area is 153 Å². The van der Waals surface area contributed by atoms with Crippen molar-refractivity contribution in [2.75, 3.05) is 12.4 Å². The molecule has 0 saturated heterocycles. The summed E-state index contributed by atoms with van der Waals surface area (Å²) in [4.78, 5) is 34.8. The summed E-state index contributed by atoms with van der Waals surface area (Å²) >= 11 is 0. The third-order valence-electron chi connectivity index (χ3n) is 4.11. The van der Waals surface area contributed by atoms with Gasteiger partial charge in [-0.3, -0.25) is 14.9 Å². The fourth-order valence-corrected chi connectivity index (χ4v) is 2.76. The van der Waals surface area contributed by atoms with Gasteiger partial charge in [0.05, 0.1) is 17.6 Å². The number of carbonyl (C=O) groups is 2. The fourth-order valence-electron chi connectivity index (χ4n) is 2.76. The van der Waals surface area contributed by atoms with Crippen molar-refractivity contribution in [3.8, 4) is 0 Å². The van der Waals surface area contributed by atoms with E-state index < -0.39 is 16.8 Å². The van der Waals surface area contributed by atoms with Crippen LogP contribution in [0.5, 0.6) is 0 Å². The van der Waals surface area contributed by atoms with Crippen molar-refractivity contribution < 1.29 is 23.7 Å². The number of aryl methyl sites for hydroxylation is 2. The van der Waals surface area contributed by atoms with Crippen molar-refractivity contribution in [1.82, 2.24) is 0 Å². The maximum atomic E-state index is 12.6. The second kappa shape index (κ2) is 6.91. The van der Waals surface area contributed by atoms with Crippen LogP contribution in [-0.2, 0) is 4.74 Å². The molecule has 138 valence electrons. The standard InChI is InChI=1S/C19H16N2O6/c1-10-4-5-15-11(2)17(27-16(15)6-10)18(22)20-13-7-12(19(23)26-3)8-14(9-13)21(24)25/h4-9H,1-3H3,(H,20,22). The number of carbonyl (C=O) groups excluding carboxylic acids is 2. The van der Waals surface area contributed by atoms with Crippen molar-refractivity contribution in [3.05, 3.63) is 69.0 Å². The van der Waals surface area contributed by atoms with Gasteiger partial charge in [0.2, 0.25) is 0 Å². The van der Waals surface area contributed by atoms with E-state index in [0.29, 0.717) is 11.1 Å². The molecule has 0 aliphatic carbocycles. The van der Waals surface area contributed by atoms with E-state index >= 15 is 0 Å². The molecule has 1 amide bonds. The van der Waals surface area contributed by atoms with Gasteiger partial charge in [-0.1, -0.05) is 12.1 Å². The zero-order valence-electron chi connectivity index (χ0n) is 14.9. The molecular formula is C19H16N2O6. The lowest BCUT2D eigenvalue weighted by atomic mass is 10.1. The molecule has 1 heterocycles. The zero-order chi connectivity index (χ0) is 19.7. The normalized spacial score (nSPS) is 10.6. The Morgan fingerprint density at radius 2 is 1.89 bits per heavy atom. The molecule has 8 heteroatoms. The molecule has 0 fully saturated rings. The molecule has 27 heavy (non-hydrogen) atoms. The van der Waals surface area contributed by atoms with Crippen LogP contribution in [0, 0.1) is 24.0 Å². The van der Waals surface area contributed by atoms with Crippen molar-refractivity contribution in [3.63, 3.8) is 0 Å². The van der Waals surface area contributed by atoms with E-state index in [1.54, 1.807) is 6.92 Å². The molecule has 0 atom stereocenters. The topological polar surface area (TPSA) is 112 Å². The maximum Gasteiger partial charge on any atom is 0.338 e. The number of anilines is 1. The largest absolute Gasteiger partial charge is 0.465 e. The Hall–Kier alpha value is -3.68. The third-order valence-corrected chi connectivity index (χ3v) is 4.11. The van der Waals surface area contributed by atoms with Crippen LogP contribution in [0.4, 0.5) is 11.4 Å². The quantitative estimate of drug-likeness (QED) is 0.423. The number of rotatable bonds is 4. The molecule has 8 nitrogen and oxygen atoms in total. The number of nitro groups is 1. The number of methoxy groups -OCH3 is 1. The van der Waals surface area contributed by atoms with Crippen LogP contribution in [0.15, 0.2) is 40.8 Å². The van der Waals surface area contributed by atoms with Gasteiger partial charge in [-0.15, -0.1) is 0 Å². The van der Waals surface area contributed by atoms with Gasteiger partial charge < -0.3 is 14.5 Å². The Morgan fingerprint density at radius 1 is 1.15 bits per heavy atom. The van der Waals surface area contributed by atoms with Crippen LogP contribution < -0.4 is 5.32 Å². The summed E-state index contributed by atoms with van der Waals surface area (Å²) in [5, 5.41) is 14.4. The van der Waals surface area contributed by atoms with E-state index in [1.807, 2.05) is 25.1 Å². The number of ether oxygens (including phenoxy) is 1. The van der Waals surface area contributed by atoms with Gasteiger partial charge in [0.25, 0.3) is 11.6 Å². The zero-order valence-corrected chi connectivity index (χ0v) is 14.9. The molecular weight excluding hydrogens is 352 g/mol. The number of esters is 1. The molecule has 0 saturated carbocycles. The van der Waals surface area contributed by atoms with E-state index in [-0.39, 0.29) is 22.7 Å². The molecule has 0 spiro atoms. The van der Waals surface area contributed by atoms with E-state index in [1.165, 1.54) is 13.2 Å². The number of benzene rings is 2. The van der Waals surface area contributed by atoms with Crippen LogP contribution in [-0.4, -0.2) is 23.9 Å². The molecule has 3 aromatic rings. The minimum Gasteiger partial charge on any atom is -0.465 e. The lowest BCUT2D eigenvalue weighted by Gasteiger charge is -2.06. The molecule has 0 aliphatic heterocycles. The highest BCUT2D eigenvalue weighted by atomic mass is 16.6. The summed E-state index contributed by atoms with van der Waals surface area (Å²) in [6, 6.07) is 9.14. The summed E-state index contributed by atoms with van der Waals surface area (Å²) in [5.41, 5.74) is 1.92. The fraction of sp³-hybridized carbons (Fsp3) is 0.158. The Kier molecular flexibility index (Phi) is 4.64. The number of non-ortho nitro benzene ring substituents is 1. The SMILES string of the molecule is COC(=O)c1cc(NC(=O)c2oc3cc(C)ccc3c2C)cc([N+](=O)[O-])c1. The molecule has 0 bridgehead atoms. The first-order chi connectivity index (χ1) is 12.8. The number of nitrogens with one attached hydrogen (secondary N) is 1. The minimum absolute atomic E-state index is 0.0426. The third kappa shape index (κ3) is 3.50. The van der Waals surface area contributed by atoms with E-state index in [9.17, 15) is 19.7 Å². The van der Waals surface area contributed by atoms with Gasteiger partial charge in [0.15, 0.2) is 5.76 Å². The lowest BCUT2D eigenvalue weighted by Crippen LogP contribution is -2.13. The molecule has 1 N–H and O–H groups in total. The Morgan fingerprint density at radius 3 is 2.56 bits per heavy atom. The average Bonchev–Trinajstić information content (AvgIpc) is 2.96. The molecule has 0 unspecified atom stereocenters. The molecule has 2 aromatic carbocycles. The van der Waals surface area contributed by atoms with Crippen LogP contribution in [0.1, 0.15) is 32.0 Å². The van der Waals surface area contributed by atoms with E-state index in [0.717, 1.165) is 23.1 Å². The summed E-state index contributed by atoms with van der Waals surface area (Å²) in [5.74, 6) is -1.22. The van der Waals surface area contributed by atoms with Crippen molar-refractivity contribution >= 4 is 34.2 Å². The Bertz CT molecular complexity index is 1080. The van der Waals surface area contributed by atoms with Gasteiger partial charge in [0, 0.05) is 28.8 Å². The number of hydrogen-bond acceptors (Lipinski definition) is 6. The highest BCUT2D eigenvalue weighted by Crippen LogP contribution is 2.28. The number of furan rings is 1. The number of nitro benzene ring substituents is 1. The second-order valence-electron chi connectivity index (χ2n) is 6.03. The minimum atomic E-state index is -0.746. The number of nitrogens with zero attached hydrogens (tertiary/aromatic N) is 1. The van der Waals surface area contributed by atoms with Crippen molar-refractivity contribution in [1.29, 1.82) is 0 Å². The van der Waals surface area contributed by atoms with Crippen LogP contribution in [0.2, 0.25) is 0 Å². The van der Waals surface area contributed by atoms with Crippen molar-refractivity contribution in [2.24, 2.45) is 0 Å². The predicted octanol–water partition coefficient (Wildman–Crippen LogP) is 4.00. The van der Waals surface area contributed by atoms with Gasteiger partial charge in [0.1, 0.15) is 5.58 Å². The predicted molar refractivity (Wildman–Crippen MR) is 98.1 cm³/mol. The first-order valence-electron chi connectivity index (χ1n) is 7.99. The summed E-state index contributed by atoms with van der Waals surface area (Å²) in [6.45, 7) is 3.66. The summed E-state index contributed by atoms with van der Waals surface area (Å²) in [6.07, 6.45) is 0. The van der Waals surface area contributed by atoms with Gasteiger partial charge in [-0.05, 0) is 31.5 Å². The second-order valence-corrected chi connectivity index (χ2v) is 6.03. The average molecular weight is 368 g/mol. The maximum absolute atomic E-state index is 12.6. The Balaban J connectivity index is 1.98. The highest BCUT2D eigenvalue weighted by molar-refractivity contribution is 6.07. The lowest BCUT2D eigenvalue weighted by molar-refractivity contribution is -0.384. The number of amides is 1. The van der Waals surface area contributed by atoms with E-state index in [4.69, 9.17) is 4.42 Å². The van der Waals surface area contributed by atoms with E-state index in [2.05, 4.69) is 10.1 Å². The smallest absolute Gasteiger partial charge is 0.338 e. The first-order valence-corrected chi connectivity index (χ1v) is 7.99. The highest BCUT2D eigenvalue weighted by Gasteiger charge is 2.20. The molecule has 0 aliphatic rings. The first kappa shape index (κ1) is 18.1. The summed E-state index contributed by atoms with van der Waals surface area (Å²) < 4.78 is 10.2. The van der Waals surface area contributed by atoms with Crippen molar-refractivity contribution in [2.45, 2.75) is 13.8 Å². The number of hydrogen-bond donors (Lipinski definition) is 1. The van der Waals surface area contributed by atoms with Crippen LogP contribution in [0.3, 0.4) is 0 Å². The van der Waals surface area contributed by atoms with Gasteiger partial charge >= 0.3 is 5.97 Å². The summed E-state index contributed by atoms with van der Waals surface area (Å²) in [7, 11) is 1.17.